The zero-order valence-electron chi connectivity index (χ0n) is 16.8. The van der Waals surface area contributed by atoms with Gasteiger partial charge in [0, 0.05) is 17.9 Å². The molecule has 1 aromatic rings. The molecule has 1 fully saturated rings. The first-order valence-corrected chi connectivity index (χ1v) is 11.7. The second-order valence-electron chi connectivity index (χ2n) is 7.47. The highest BCUT2D eigenvalue weighted by Crippen LogP contribution is 2.17. The van der Waals surface area contributed by atoms with Gasteiger partial charge in [-0.2, -0.15) is 0 Å². The highest BCUT2D eigenvalue weighted by atomic mass is 32.2. The van der Waals surface area contributed by atoms with Crippen molar-refractivity contribution < 1.29 is 27.5 Å². The fourth-order valence-corrected chi connectivity index (χ4v) is 3.85. The molecular formula is C20H28N2O6S. The fraction of sp³-hybridized carbons (Fsp3) is 0.550. The van der Waals surface area contributed by atoms with Crippen LogP contribution in [0.3, 0.4) is 0 Å². The second-order valence-corrected chi connectivity index (χ2v) is 9.73. The van der Waals surface area contributed by atoms with Crippen LogP contribution in [0.2, 0.25) is 0 Å². The summed E-state index contributed by atoms with van der Waals surface area (Å²) in [5.41, 5.74) is 1.22. The summed E-state index contributed by atoms with van der Waals surface area (Å²) in [5, 5.41) is 5.32. The second kappa shape index (κ2) is 10.4. The van der Waals surface area contributed by atoms with Crippen LogP contribution < -0.4 is 10.6 Å². The Kier molecular flexibility index (Phi) is 8.19. The van der Waals surface area contributed by atoms with Gasteiger partial charge in [-0.1, -0.05) is 30.5 Å². The van der Waals surface area contributed by atoms with Gasteiger partial charge < -0.3 is 15.4 Å². The van der Waals surface area contributed by atoms with Crippen molar-refractivity contribution in [2.75, 3.05) is 18.6 Å². The lowest BCUT2D eigenvalue weighted by molar-refractivity contribution is -0.150. The van der Waals surface area contributed by atoms with Crippen LogP contribution in [0.25, 0.3) is 0 Å². The molecular weight excluding hydrogens is 396 g/mol. The smallest absolute Gasteiger partial charge is 0.329 e. The molecule has 29 heavy (non-hydrogen) atoms. The molecule has 1 saturated carbocycles. The van der Waals surface area contributed by atoms with Gasteiger partial charge in [0.25, 0.3) is 11.8 Å². The van der Waals surface area contributed by atoms with Crippen LogP contribution in [0.15, 0.2) is 24.3 Å². The molecule has 0 aliphatic heterocycles. The minimum Gasteiger partial charge on any atom is -0.454 e. The molecule has 0 aromatic heterocycles. The third-order valence-electron chi connectivity index (χ3n) is 4.71. The highest BCUT2D eigenvalue weighted by molar-refractivity contribution is 7.90. The largest absolute Gasteiger partial charge is 0.454 e. The zero-order chi connectivity index (χ0) is 21.4. The van der Waals surface area contributed by atoms with E-state index >= 15 is 0 Å². The molecule has 8 nitrogen and oxygen atoms in total. The number of carbonyl (C=O) groups excluding carboxylic acids is 3. The van der Waals surface area contributed by atoms with Gasteiger partial charge in [-0.15, -0.1) is 0 Å². The Labute approximate surface area is 171 Å². The van der Waals surface area contributed by atoms with Gasteiger partial charge >= 0.3 is 5.97 Å². The lowest BCUT2D eigenvalue weighted by Gasteiger charge is -2.18. The Hall–Kier alpha value is -2.42. The van der Waals surface area contributed by atoms with Crippen molar-refractivity contribution in [3.8, 4) is 0 Å². The van der Waals surface area contributed by atoms with E-state index in [2.05, 4.69) is 10.6 Å². The summed E-state index contributed by atoms with van der Waals surface area (Å²) in [6, 6.07) is 5.72. The summed E-state index contributed by atoms with van der Waals surface area (Å²) >= 11 is 0. The minimum absolute atomic E-state index is 0.100. The van der Waals surface area contributed by atoms with Gasteiger partial charge in [0.2, 0.25) is 0 Å². The van der Waals surface area contributed by atoms with E-state index in [4.69, 9.17) is 4.74 Å². The third kappa shape index (κ3) is 8.23. The summed E-state index contributed by atoms with van der Waals surface area (Å²) in [6.45, 7) is 1.36. The fourth-order valence-electron chi connectivity index (χ4n) is 3.19. The Morgan fingerprint density at radius 3 is 2.52 bits per heavy atom. The normalized spacial score (nSPS) is 15.5. The third-order valence-corrected chi connectivity index (χ3v) is 5.69. The van der Waals surface area contributed by atoms with Crippen molar-refractivity contribution in [1.82, 2.24) is 10.6 Å². The molecule has 1 atom stereocenters. The number of carbonyl (C=O) groups is 3. The van der Waals surface area contributed by atoms with Gasteiger partial charge in [0.05, 0.1) is 5.75 Å². The first-order valence-electron chi connectivity index (χ1n) is 9.65. The van der Waals surface area contributed by atoms with E-state index in [-0.39, 0.29) is 18.2 Å². The van der Waals surface area contributed by atoms with Crippen LogP contribution in [0.4, 0.5) is 0 Å². The summed E-state index contributed by atoms with van der Waals surface area (Å²) in [6.07, 6.45) is 4.84. The standard InChI is InChI=1S/C20H28N2O6S/c1-14-6-5-7-15(12-14)19(24)22-17(10-11-29(2,26)27)20(25)28-13-18(23)21-16-8-3-4-9-16/h5-7,12,16-17H,3-4,8-11,13H2,1-2H3,(H,21,23)(H,22,24)/t17-/m1/s1. The average molecular weight is 425 g/mol. The number of aryl methyl sites for hydroxylation is 1. The Balaban J connectivity index is 1.96. The number of ether oxygens (including phenoxy) is 1. The maximum Gasteiger partial charge on any atom is 0.329 e. The maximum absolute atomic E-state index is 12.5. The van der Waals surface area contributed by atoms with Gasteiger partial charge in [-0.05, 0) is 38.3 Å². The van der Waals surface area contributed by atoms with Crippen LogP contribution in [0.1, 0.15) is 48.0 Å². The molecule has 0 spiro atoms. The quantitative estimate of drug-likeness (QED) is 0.574. The van der Waals surface area contributed by atoms with Crippen LogP contribution >= 0.6 is 0 Å². The predicted octanol–water partition coefficient (Wildman–Crippen LogP) is 1.13. The summed E-state index contributed by atoms with van der Waals surface area (Å²) < 4.78 is 28.0. The molecule has 1 aliphatic rings. The van der Waals surface area contributed by atoms with Crippen molar-refractivity contribution in [1.29, 1.82) is 0 Å². The molecule has 0 heterocycles. The van der Waals surface area contributed by atoms with Crippen LogP contribution in [0, 0.1) is 6.92 Å². The van der Waals surface area contributed by atoms with Gasteiger partial charge in [-0.25, -0.2) is 13.2 Å². The van der Waals surface area contributed by atoms with E-state index in [1.807, 2.05) is 13.0 Å². The van der Waals surface area contributed by atoms with Gasteiger partial charge in [-0.3, -0.25) is 9.59 Å². The predicted molar refractivity (Wildman–Crippen MR) is 108 cm³/mol. The minimum atomic E-state index is -3.35. The molecule has 2 N–H and O–H groups in total. The molecule has 2 amide bonds. The van der Waals surface area contributed by atoms with E-state index in [0.717, 1.165) is 37.5 Å². The van der Waals surface area contributed by atoms with E-state index in [9.17, 15) is 22.8 Å². The van der Waals surface area contributed by atoms with Gasteiger partial charge in [0.1, 0.15) is 15.9 Å². The number of amides is 2. The molecule has 0 saturated heterocycles. The number of benzene rings is 1. The summed E-state index contributed by atoms with van der Waals surface area (Å²) in [4.78, 5) is 36.8. The topological polar surface area (TPSA) is 119 Å². The van der Waals surface area contributed by atoms with E-state index in [1.165, 1.54) is 0 Å². The zero-order valence-corrected chi connectivity index (χ0v) is 17.6. The molecule has 9 heteroatoms. The molecule has 0 radical (unpaired) electrons. The van der Waals surface area contributed by atoms with E-state index < -0.39 is 40.3 Å². The number of hydrogen-bond acceptors (Lipinski definition) is 6. The number of esters is 1. The lowest BCUT2D eigenvalue weighted by atomic mass is 10.1. The first kappa shape index (κ1) is 22.9. The number of sulfone groups is 1. The number of rotatable bonds is 9. The van der Waals surface area contributed by atoms with Crippen LogP contribution in [-0.4, -0.2) is 56.9 Å². The summed E-state index contributed by atoms with van der Waals surface area (Å²) in [7, 11) is -3.35. The average Bonchev–Trinajstić information content (AvgIpc) is 3.15. The van der Waals surface area contributed by atoms with Crippen molar-refractivity contribution in [2.45, 2.75) is 51.1 Å². The van der Waals surface area contributed by atoms with Crippen molar-refractivity contribution >= 4 is 27.6 Å². The maximum atomic E-state index is 12.5. The Bertz CT molecular complexity index is 846. The van der Waals surface area contributed by atoms with Crippen LogP contribution in [-0.2, 0) is 24.2 Å². The van der Waals surface area contributed by atoms with Crippen molar-refractivity contribution in [3.63, 3.8) is 0 Å². The molecule has 1 aliphatic carbocycles. The molecule has 0 unspecified atom stereocenters. The van der Waals surface area contributed by atoms with Gasteiger partial charge in [0.15, 0.2) is 6.61 Å². The lowest BCUT2D eigenvalue weighted by Crippen LogP contribution is -2.44. The van der Waals surface area contributed by atoms with Crippen molar-refractivity contribution in [2.24, 2.45) is 0 Å². The van der Waals surface area contributed by atoms with Crippen LogP contribution in [0.5, 0.6) is 0 Å². The Morgan fingerprint density at radius 2 is 1.90 bits per heavy atom. The Morgan fingerprint density at radius 1 is 1.21 bits per heavy atom. The SMILES string of the molecule is Cc1cccc(C(=O)N[C@H](CCS(C)(=O)=O)C(=O)OCC(=O)NC2CCCC2)c1. The first-order chi connectivity index (χ1) is 13.6. The van der Waals surface area contributed by atoms with E-state index in [1.54, 1.807) is 18.2 Å². The molecule has 0 bridgehead atoms. The monoisotopic (exact) mass is 424 g/mol. The number of hydrogen-bond donors (Lipinski definition) is 2. The summed E-state index contributed by atoms with van der Waals surface area (Å²) in [5.74, 6) is -2.05. The highest BCUT2D eigenvalue weighted by Gasteiger charge is 2.26. The molecule has 2 rings (SSSR count). The molecule has 1 aromatic carbocycles. The van der Waals surface area contributed by atoms with E-state index in [0.29, 0.717) is 5.56 Å². The van der Waals surface area contributed by atoms with Crippen molar-refractivity contribution in [3.05, 3.63) is 35.4 Å². The molecule has 160 valence electrons. The number of nitrogens with one attached hydrogen (secondary N) is 2.